The first-order valence-corrected chi connectivity index (χ1v) is 8.96. The number of nitrogens with zero attached hydrogens (tertiary/aromatic N) is 3. The first kappa shape index (κ1) is 21.3. The number of alkyl halides is 3. The molecule has 0 aliphatic rings. The molecular weight excluding hydrogens is 401 g/mol. The number of benzene rings is 1. The standard InChI is InChI=1S/C20H19F3N4O3/c1-12(28)11-24-19(29)16-7-8-17(18(25-16)15-9-10-27(2)26-15)30-14-5-3-13(4-6-14)20(21,22)23/h3-10,12,28H,11H2,1-2H3,(H,24,29)/t12-/m0/s1. The molecule has 1 atom stereocenters. The molecule has 0 radical (unpaired) electrons. The molecule has 0 unspecified atom stereocenters. The van der Waals surface area contributed by atoms with E-state index in [1.807, 2.05) is 0 Å². The summed E-state index contributed by atoms with van der Waals surface area (Å²) in [5, 5.41) is 16.1. The summed E-state index contributed by atoms with van der Waals surface area (Å²) in [4.78, 5) is 16.6. The number of aryl methyl sites for hydroxylation is 1. The molecule has 0 saturated carbocycles. The number of rotatable bonds is 6. The van der Waals surface area contributed by atoms with Gasteiger partial charge in [0.15, 0.2) is 5.75 Å². The summed E-state index contributed by atoms with van der Waals surface area (Å²) in [5.41, 5.74) is -0.0380. The van der Waals surface area contributed by atoms with Gasteiger partial charge in [-0.25, -0.2) is 4.98 Å². The fraction of sp³-hybridized carbons (Fsp3) is 0.250. The number of hydrogen-bond donors (Lipinski definition) is 2. The first-order chi connectivity index (χ1) is 14.1. The Morgan fingerprint density at radius 2 is 1.90 bits per heavy atom. The molecule has 0 aliphatic carbocycles. The zero-order chi connectivity index (χ0) is 21.9. The van der Waals surface area contributed by atoms with E-state index in [0.717, 1.165) is 12.1 Å². The third kappa shape index (κ3) is 5.15. The summed E-state index contributed by atoms with van der Waals surface area (Å²) in [7, 11) is 1.71. The predicted octanol–water partition coefficient (Wildman–Crippen LogP) is 3.40. The van der Waals surface area contributed by atoms with Crippen molar-refractivity contribution in [3.8, 4) is 22.9 Å². The van der Waals surface area contributed by atoms with Crippen molar-refractivity contribution in [2.45, 2.75) is 19.2 Å². The largest absolute Gasteiger partial charge is 0.455 e. The number of pyridine rings is 1. The van der Waals surface area contributed by atoms with E-state index in [0.29, 0.717) is 5.69 Å². The highest BCUT2D eigenvalue weighted by Gasteiger charge is 2.30. The maximum absolute atomic E-state index is 12.8. The lowest BCUT2D eigenvalue weighted by atomic mass is 10.2. The van der Waals surface area contributed by atoms with Gasteiger partial charge in [-0.2, -0.15) is 18.3 Å². The van der Waals surface area contributed by atoms with Crippen LogP contribution in [0.1, 0.15) is 23.0 Å². The van der Waals surface area contributed by atoms with Gasteiger partial charge >= 0.3 is 6.18 Å². The summed E-state index contributed by atoms with van der Waals surface area (Å²) in [6, 6.07) is 8.82. The number of ether oxygens (including phenoxy) is 1. The molecule has 7 nitrogen and oxygen atoms in total. The van der Waals surface area contributed by atoms with Crippen molar-refractivity contribution in [1.29, 1.82) is 0 Å². The van der Waals surface area contributed by atoms with Crippen LogP contribution >= 0.6 is 0 Å². The highest BCUT2D eigenvalue weighted by atomic mass is 19.4. The Labute approximate surface area is 170 Å². The van der Waals surface area contributed by atoms with Crippen LogP contribution < -0.4 is 10.1 Å². The number of nitrogens with one attached hydrogen (secondary N) is 1. The molecule has 2 aromatic heterocycles. The summed E-state index contributed by atoms with van der Waals surface area (Å²) in [6.45, 7) is 1.59. The minimum Gasteiger partial charge on any atom is -0.455 e. The quantitative estimate of drug-likeness (QED) is 0.638. The Morgan fingerprint density at radius 1 is 1.20 bits per heavy atom. The summed E-state index contributed by atoms with van der Waals surface area (Å²) < 4.78 is 45.5. The van der Waals surface area contributed by atoms with Crippen LogP contribution in [-0.4, -0.2) is 38.4 Å². The summed E-state index contributed by atoms with van der Waals surface area (Å²) >= 11 is 0. The number of aromatic nitrogens is 3. The number of hydrogen-bond acceptors (Lipinski definition) is 5. The van der Waals surface area contributed by atoms with E-state index in [9.17, 15) is 23.1 Å². The van der Waals surface area contributed by atoms with Gasteiger partial charge in [0.1, 0.15) is 22.8 Å². The van der Waals surface area contributed by atoms with Crippen LogP contribution in [0.15, 0.2) is 48.7 Å². The second kappa shape index (κ2) is 8.54. The third-order valence-corrected chi connectivity index (χ3v) is 4.01. The summed E-state index contributed by atoms with van der Waals surface area (Å²) in [5.74, 6) is -0.0945. The van der Waals surface area contributed by atoms with Crippen molar-refractivity contribution in [2.75, 3.05) is 6.54 Å². The average molecular weight is 420 g/mol. The van der Waals surface area contributed by atoms with Crippen LogP contribution in [0.3, 0.4) is 0 Å². The third-order valence-electron chi connectivity index (χ3n) is 4.01. The van der Waals surface area contributed by atoms with E-state index in [1.54, 1.807) is 24.0 Å². The van der Waals surface area contributed by atoms with E-state index in [1.165, 1.54) is 31.2 Å². The minimum atomic E-state index is -4.44. The van der Waals surface area contributed by atoms with Crippen LogP contribution in [0.4, 0.5) is 13.2 Å². The fourth-order valence-electron chi connectivity index (χ4n) is 2.55. The Hall–Kier alpha value is -3.40. The van der Waals surface area contributed by atoms with E-state index < -0.39 is 23.8 Å². The van der Waals surface area contributed by atoms with Crippen LogP contribution in [-0.2, 0) is 13.2 Å². The molecule has 30 heavy (non-hydrogen) atoms. The molecule has 10 heteroatoms. The van der Waals surface area contributed by atoms with Crippen LogP contribution in [0.25, 0.3) is 11.4 Å². The molecule has 1 aromatic carbocycles. The molecule has 0 bridgehead atoms. The molecule has 3 aromatic rings. The number of carbonyl (C=O) groups excluding carboxylic acids is 1. The van der Waals surface area contributed by atoms with Crippen molar-refractivity contribution in [3.63, 3.8) is 0 Å². The molecule has 0 aliphatic heterocycles. The zero-order valence-corrected chi connectivity index (χ0v) is 16.1. The maximum Gasteiger partial charge on any atom is 0.416 e. The van der Waals surface area contributed by atoms with Gasteiger partial charge in [0, 0.05) is 19.8 Å². The van der Waals surface area contributed by atoms with Crippen LogP contribution in [0, 0.1) is 0 Å². The Balaban J connectivity index is 1.92. The molecule has 0 fully saturated rings. The average Bonchev–Trinajstić information content (AvgIpc) is 3.12. The second-order valence-electron chi connectivity index (χ2n) is 6.60. The maximum atomic E-state index is 12.8. The van der Waals surface area contributed by atoms with Gasteiger partial charge in [-0.05, 0) is 49.4 Å². The zero-order valence-electron chi connectivity index (χ0n) is 16.1. The van der Waals surface area contributed by atoms with Gasteiger partial charge in [0.2, 0.25) is 0 Å². The monoisotopic (exact) mass is 420 g/mol. The van der Waals surface area contributed by atoms with Gasteiger partial charge in [-0.3, -0.25) is 9.48 Å². The van der Waals surface area contributed by atoms with Gasteiger partial charge in [0.25, 0.3) is 5.91 Å². The molecule has 158 valence electrons. The van der Waals surface area contributed by atoms with E-state index in [-0.39, 0.29) is 29.4 Å². The SMILES string of the molecule is C[C@H](O)CNC(=O)c1ccc(Oc2ccc(C(F)(F)F)cc2)c(-c2ccn(C)n2)n1. The van der Waals surface area contributed by atoms with E-state index in [4.69, 9.17) is 4.74 Å². The molecule has 0 saturated heterocycles. The molecular formula is C20H19F3N4O3. The van der Waals surface area contributed by atoms with Crippen molar-refractivity contribution in [1.82, 2.24) is 20.1 Å². The van der Waals surface area contributed by atoms with E-state index in [2.05, 4.69) is 15.4 Å². The Kier molecular flexibility index (Phi) is 6.06. The van der Waals surface area contributed by atoms with Crippen molar-refractivity contribution >= 4 is 5.91 Å². The summed E-state index contributed by atoms with van der Waals surface area (Å²) in [6.07, 6.45) is -3.48. The molecule has 1 amide bonds. The molecule has 3 rings (SSSR count). The first-order valence-electron chi connectivity index (χ1n) is 8.96. The molecule has 2 heterocycles. The van der Waals surface area contributed by atoms with E-state index >= 15 is 0 Å². The van der Waals surface area contributed by atoms with Gasteiger partial charge in [-0.15, -0.1) is 0 Å². The second-order valence-corrected chi connectivity index (χ2v) is 6.60. The lowest BCUT2D eigenvalue weighted by Crippen LogP contribution is -2.31. The number of carbonyl (C=O) groups is 1. The van der Waals surface area contributed by atoms with Gasteiger partial charge < -0.3 is 15.2 Å². The van der Waals surface area contributed by atoms with Crippen LogP contribution in [0.2, 0.25) is 0 Å². The van der Waals surface area contributed by atoms with Gasteiger partial charge in [0.05, 0.1) is 11.7 Å². The van der Waals surface area contributed by atoms with Crippen molar-refractivity contribution in [2.24, 2.45) is 7.05 Å². The highest BCUT2D eigenvalue weighted by molar-refractivity contribution is 5.93. The normalized spacial score (nSPS) is 12.5. The molecule has 0 spiro atoms. The Morgan fingerprint density at radius 3 is 2.47 bits per heavy atom. The topological polar surface area (TPSA) is 89.3 Å². The predicted molar refractivity (Wildman–Crippen MR) is 102 cm³/mol. The number of aliphatic hydroxyl groups excluding tert-OH is 1. The smallest absolute Gasteiger partial charge is 0.416 e. The Bertz CT molecular complexity index is 1030. The van der Waals surface area contributed by atoms with Crippen molar-refractivity contribution in [3.05, 3.63) is 59.9 Å². The minimum absolute atomic E-state index is 0.0588. The van der Waals surface area contributed by atoms with Crippen LogP contribution in [0.5, 0.6) is 11.5 Å². The highest BCUT2D eigenvalue weighted by Crippen LogP contribution is 2.34. The number of halogens is 3. The lowest BCUT2D eigenvalue weighted by Gasteiger charge is -2.12. The van der Waals surface area contributed by atoms with Gasteiger partial charge in [-0.1, -0.05) is 0 Å². The molecule has 2 N–H and O–H groups in total. The van der Waals surface area contributed by atoms with Crippen molar-refractivity contribution < 1.29 is 27.8 Å². The fourth-order valence-corrected chi connectivity index (χ4v) is 2.55. The number of amides is 1. The lowest BCUT2D eigenvalue weighted by molar-refractivity contribution is -0.137. The number of aliphatic hydroxyl groups is 1.